The maximum absolute atomic E-state index is 13.3. The molecule has 5 rings (SSSR count). The minimum Gasteiger partial charge on any atom is -0.378 e. The number of piperidine rings is 1. The fourth-order valence-corrected chi connectivity index (χ4v) is 5.43. The summed E-state index contributed by atoms with van der Waals surface area (Å²) in [5.41, 5.74) is 1.40. The van der Waals surface area contributed by atoms with Crippen LogP contribution in [0, 0.1) is 0 Å². The van der Waals surface area contributed by atoms with E-state index in [9.17, 15) is 9.59 Å². The number of rotatable bonds is 7. The maximum atomic E-state index is 13.3. The lowest BCUT2D eigenvalue weighted by Crippen LogP contribution is -2.54. The molecule has 0 radical (unpaired) electrons. The van der Waals surface area contributed by atoms with Gasteiger partial charge in [0.1, 0.15) is 17.8 Å². The van der Waals surface area contributed by atoms with Crippen LogP contribution in [-0.4, -0.2) is 95.1 Å². The Morgan fingerprint density at radius 2 is 1.86 bits per heavy atom. The second-order valence-electron chi connectivity index (χ2n) is 9.21. The quantitative estimate of drug-likeness (QED) is 0.469. The van der Waals surface area contributed by atoms with Crippen molar-refractivity contribution in [3.8, 4) is 0 Å². The number of carbonyl (C=O) groups excluding carboxylic acids is 2. The van der Waals surface area contributed by atoms with Gasteiger partial charge in [0.15, 0.2) is 0 Å². The van der Waals surface area contributed by atoms with Crippen LogP contribution in [0.4, 0.5) is 11.5 Å². The van der Waals surface area contributed by atoms with Gasteiger partial charge in [0.25, 0.3) is 0 Å². The molecule has 0 saturated carbocycles. The average molecular weight is 546 g/mol. The summed E-state index contributed by atoms with van der Waals surface area (Å²) in [4.78, 5) is 44.2. The molecule has 2 aliphatic rings. The van der Waals surface area contributed by atoms with Crippen molar-refractivity contribution in [2.45, 2.75) is 18.9 Å². The fourth-order valence-electron chi connectivity index (χ4n) is 4.90. The van der Waals surface area contributed by atoms with Crippen molar-refractivity contribution in [3.05, 3.63) is 46.8 Å². The number of hydrogen-bond acceptors (Lipinski definition) is 7. The van der Waals surface area contributed by atoms with Gasteiger partial charge in [0.2, 0.25) is 11.8 Å². The lowest BCUT2D eigenvalue weighted by molar-refractivity contribution is -0.133. The molecule has 37 heavy (non-hydrogen) atoms. The number of benzene rings is 1. The molecule has 2 aliphatic heterocycles. The van der Waals surface area contributed by atoms with Crippen LogP contribution in [0.2, 0.25) is 10.0 Å². The number of likely N-dealkylation sites (tertiary alicyclic amines) is 1. The van der Waals surface area contributed by atoms with Crippen molar-refractivity contribution in [2.75, 3.05) is 62.7 Å². The summed E-state index contributed by atoms with van der Waals surface area (Å²) in [6, 6.07) is 6.96. The lowest BCUT2D eigenvalue weighted by Gasteiger charge is -2.40. The second-order valence-corrected chi connectivity index (χ2v) is 10.1. The van der Waals surface area contributed by atoms with E-state index in [1.807, 2.05) is 27.0 Å². The van der Waals surface area contributed by atoms with E-state index in [4.69, 9.17) is 27.9 Å². The van der Waals surface area contributed by atoms with Crippen LogP contribution in [0.5, 0.6) is 0 Å². The van der Waals surface area contributed by atoms with Gasteiger partial charge in [-0.15, -0.1) is 0 Å². The summed E-state index contributed by atoms with van der Waals surface area (Å²) < 4.78 is 5.41. The molecule has 1 aromatic carbocycles. The topological polar surface area (TPSA) is 107 Å². The predicted octanol–water partition coefficient (Wildman–Crippen LogP) is 3.03. The number of fused-ring (bicyclic) bond motifs is 1. The van der Waals surface area contributed by atoms with Crippen LogP contribution >= 0.6 is 23.2 Å². The Labute approximate surface area is 224 Å². The summed E-state index contributed by atoms with van der Waals surface area (Å²) >= 11 is 12.2. The lowest BCUT2D eigenvalue weighted by atomic mass is 10.0. The highest BCUT2D eigenvalue weighted by Crippen LogP contribution is 2.28. The van der Waals surface area contributed by atoms with E-state index in [2.05, 4.69) is 20.3 Å². The SMILES string of the molecule is O=C(CN(c1ncnc2[nH]ccc12)[C@@H]1CCCN(C(=O)CNc2cc(Cl)cc(Cl)c2)C1)N1CCOCC1. The summed E-state index contributed by atoms with van der Waals surface area (Å²) in [6.07, 6.45) is 4.98. The van der Waals surface area contributed by atoms with Crippen LogP contribution in [-0.2, 0) is 14.3 Å². The normalized spacial score (nSPS) is 18.2. The molecule has 2 N–H and O–H groups in total. The van der Waals surface area contributed by atoms with Gasteiger partial charge in [-0.1, -0.05) is 23.2 Å². The molecule has 2 aromatic heterocycles. The van der Waals surface area contributed by atoms with E-state index in [1.54, 1.807) is 18.2 Å². The molecule has 10 nitrogen and oxygen atoms in total. The number of amides is 2. The largest absolute Gasteiger partial charge is 0.378 e. The van der Waals surface area contributed by atoms with Crippen molar-refractivity contribution >= 4 is 57.6 Å². The number of carbonyl (C=O) groups is 2. The highest BCUT2D eigenvalue weighted by molar-refractivity contribution is 6.35. The Hall–Kier alpha value is -3.08. The van der Waals surface area contributed by atoms with Gasteiger partial charge in [0.05, 0.1) is 31.7 Å². The van der Waals surface area contributed by atoms with E-state index in [1.165, 1.54) is 6.33 Å². The highest BCUT2D eigenvalue weighted by atomic mass is 35.5. The number of halogens is 2. The van der Waals surface area contributed by atoms with Gasteiger partial charge in [-0.2, -0.15) is 0 Å². The van der Waals surface area contributed by atoms with Gasteiger partial charge in [-0.05, 0) is 37.1 Å². The number of hydrogen-bond donors (Lipinski definition) is 2. The van der Waals surface area contributed by atoms with E-state index >= 15 is 0 Å². The van der Waals surface area contributed by atoms with Crippen molar-refractivity contribution in [2.24, 2.45) is 0 Å². The molecule has 1 atom stereocenters. The maximum Gasteiger partial charge on any atom is 0.242 e. The smallest absolute Gasteiger partial charge is 0.242 e. The second kappa shape index (κ2) is 11.5. The molecular formula is C25H29Cl2N7O3. The van der Waals surface area contributed by atoms with Gasteiger partial charge in [-0.3, -0.25) is 9.59 Å². The summed E-state index contributed by atoms with van der Waals surface area (Å²) in [5, 5.41) is 4.98. The van der Waals surface area contributed by atoms with Crippen LogP contribution in [0.15, 0.2) is 36.8 Å². The van der Waals surface area contributed by atoms with Crippen molar-refractivity contribution in [1.82, 2.24) is 24.8 Å². The highest BCUT2D eigenvalue weighted by Gasteiger charge is 2.32. The fraction of sp³-hybridized carbons (Fsp3) is 0.440. The van der Waals surface area contributed by atoms with Crippen LogP contribution in [0.3, 0.4) is 0 Å². The molecule has 2 fully saturated rings. The van der Waals surface area contributed by atoms with E-state index in [0.29, 0.717) is 66.6 Å². The number of aromatic amines is 1. The van der Waals surface area contributed by atoms with Crippen molar-refractivity contribution in [1.29, 1.82) is 0 Å². The first-order valence-corrected chi connectivity index (χ1v) is 13.1. The molecule has 0 bridgehead atoms. The van der Waals surface area contributed by atoms with E-state index < -0.39 is 0 Å². The summed E-state index contributed by atoms with van der Waals surface area (Å²) in [6.45, 7) is 3.66. The molecule has 0 unspecified atom stereocenters. The number of H-pyrrole nitrogens is 1. The molecule has 12 heteroatoms. The Morgan fingerprint density at radius 1 is 1.08 bits per heavy atom. The minimum atomic E-state index is -0.0729. The molecule has 2 saturated heterocycles. The number of aromatic nitrogens is 3. The number of morpholine rings is 1. The first-order valence-electron chi connectivity index (χ1n) is 12.4. The monoisotopic (exact) mass is 545 g/mol. The Kier molecular flexibility index (Phi) is 7.97. The van der Waals surface area contributed by atoms with Gasteiger partial charge in [0, 0.05) is 54.2 Å². The van der Waals surface area contributed by atoms with E-state index in [-0.39, 0.29) is 30.9 Å². The Balaban J connectivity index is 1.33. The molecule has 0 spiro atoms. The van der Waals surface area contributed by atoms with Gasteiger partial charge in [-0.25, -0.2) is 9.97 Å². The number of anilines is 2. The van der Waals surface area contributed by atoms with Gasteiger partial charge >= 0.3 is 0 Å². The molecule has 0 aliphatic carbocycles. The molecule has 4 heterocycles. The summed E-state index contributed by atoms with van der Waals surface area (Å²) in [7, 11) is 0. The first-order chi connectivity index (χ1) is 18.0. The van der Waals surface area contributed by atoms with Crippen LogP contribution < -0.4 is 10.2 Å². The zero-order valence-electron chi connectivity index (χ0n) is 20.3. The number of nitrogens with one attached hydrogen (secondary N) is 2. The Bertz CT molecular complexity index is 1240. The zero-order valence-corrected chi connectivity index (χ0v) is 21.8. The van der Waals surface area contributed by atoms with Crippen molar-refractivity contribution < 1.29 is 14.3 Å². The molecule has 2 amide bonds. The first kappa shape index (κ1) is 25.6. The Morgan fingerprint density at radius 3 is 2.65 bits per heavy atom. The van der Waals surface area contributed by atoms with Crippen LogP contribution in [0.1, 0.15) is 12.8 Å². The predicted molar refractivity (Wildman–Crippen MR) is 143 cm³/mol. The third-order valence-electron chi connectivity index (χ3n) is 6.77. The molecular weight excluding hydrogens is 517 g/mol. The third-order valence-corrected chi connectivity index (χ3v) is 7.21. The zero-order chi connectivity index (χ0) is 25.8. The van der Waals surface area contributed by atoms with Gasteiger partial charge < -0.3 is 29.7 Å². The molecule has 3 aromatic rings. The standard InChI is InChI=1S/C25H29Cl2N7O3/c26-17-10-18(27)12-19(11-17)29-13-22(35)33-5-1-2-20(14-33)34(15-23(36)32-6-8-37-9-7-32)25-21-3-4-28-24(21)30-16-31-25/h3-4,10-12,16,20,29H,1-2,5-9,13-15H2,(H,28,30,31)/t20-/m1/s1. The third kappa shape index (κ3) is 6.08. The van der Waals surface area contributed by atoms with E-state index in [0.717, 1.165) is 18.2 Å². The number of nitrogens with zero attached hydrogens (tertiary/aromatic N) is 5. The van der Waals surface area contributed by atoms with Crippen LogP contribution in [0.25, 0.3) is 11.0 Å². The minimum absolute atomic E-state index is 0.0218. The average Bonchev–Trinajstić information content (AvgIpc) is 3.40. The summed E-state index contributed by atoms with van der Waals surface area (Å²) in [5.74, 6) is 0.683. The molecule has 196 valence electrons. The van der Waals surface area contributed by atoms with Crippen molar-refractivity contribution in [3.63, 3.8) is 0 Å². The number of ether oxygens (including phenoxy) is 1.